The Balaban J connectivity index is 1.71. The number of nitrogens with one attached hydrogen (secondary N) is 1. The van der Waals surface area contributed by atoms with Crippen molar-refractivity contribution in [1.29, 1.82) is 0 Å². The minimum absolute atomic E-state index is 0.0510. The molecule has 1 aliphatic heterocycles. The Kier molecular flexibility index (Phi) is 5.95. The molecular formula is C14H17Cl2NO3. The number of carbonyl (C=O) groups excluding carboxylic acids is 1. The molecule has 1 N–H and O–H groups in total. The van der Waals surface area contributed by atoms with E-state index >= 15 is 0 Å². The number of halogens is 2. The topological polar surface area (TPSA) is 47.6 Å². The van der Waals surface area contributed by atoms with Gasteiger partial charge in [0, 0.05) is 24.8 Å². The molecule has 0 bridgehead atoms. The van der Waals surface area contributed by atoms with E-state index in [1.807, 2.05) is 0 Å². The average Bonchev–Trinajstić information content (AvgIpc) is 2.45. The van der Waals surface area contributed by atoms with Crippen LogP contribution in [0.2, 0.25) is 10.0 Å². The van der Waals surface area contributed by atoms with Gasteiger partial charge in [0.05, 0.1) is 5.02 Å². The van der Waals surface area contributed by atoms with Crippen LogP contribution < -0.4 is 10.1 Å². The molecule has 6 heteroatoms. The van der Waals surface area contributed by atoms with Gasteiger partial charge in [0.25, 0.3) is 5.91 Å². The fourth-order valence-corrected chi connectivity index (χ4v) is 2.46. The molecule has 0 radical (unpaired) electrons. The van der Waals surface area contributed by atoms with Crippen LogP contribution in [0.4, 0.5) is 0 Å². The number of hydrogen-bond acceptors (Lipinski definition) is 3. The summed E-state index contributed by atoms with van der Waals surface area (Å²) in [6.07, 6.45) is 1.98. The van der Waals surface area contributed by atoms with Crippen molar-refractivity contribution >= 4 is 29.1 Å². The van der Waals surface area contributed by atoms with Gasteiger partial charge in [-0.15, -0.1) is 0 Å². The molecule has 0 aromatic heterocycles. The zero-order chi connectivity index (χ0) is 14.4. The molecule has 1 heterocycles. The van der Waals surface area contributed by atoms with Crippen molar-refractivity contribution in [3.8, 4) is 5.75 Å². The minimum atomic E-state index is -0.150. The van der Waals surface area contributed by atoms with Gasteiger partial charge in [-0.05, 0) is 37.0 Å². The van der Waals surface area contributed by atoms with E-state index in [0.29, 0.717) is 28.3 Å². The Morgan fingerprint density at radius 2 is 2.10 bits per heavy atom. The maximum absolute atomic E-state index is 11.7. The van der Waals surface area contributed by atoms with Gasteiger partial charge in [0.15, 0.2) is 6.61 Å². The first-order valence-corrected chi connectivity index (χ1v) is 7.33. The van der Waals surface area contributed by atoms with Crippen LogP contribution in [0.15, 0.2) is 18.2 Å². The normalized spacial score (nSPS) is 15.9. The largest absolute Gasteiger partial charge is 0.482 e. The van der Waals surface area contributed by atoms with Crippen LogP contribution in [0.5, 0.6) is 5.75 Å². The fraction of sp³-hybridized carbons (Fsp3) is 0.500. The van der Waals surface area contributed by atoms with Gasteiger partial charge < -0.3 is 14.8 Å². The van der Waals surface area contributed by atoms with Crippen LogP contribution in [0, 0.1) is 5.92 Å². The summed E-state index contributed by atoms with van der Waals surface area (Å²) in [5, 5.41) is 3.80. The Labute approximate surface area is 128 Å². The van der Waals surface area contributed by atoms with Crippen LogP contribution in [-0.4, -0.2) is 32.3 Å². The molecule has 1 aromatic rings. The van der Waals surface area contributed by atoms with Gasteiger partial charge in [-0.1, -0.05) is 23.2 Å². The molecule has 0 aliphatic carbocycles. The van der Waals surface area contributed by atoms with Crippen LogP contribution in [0.1, 0.15) is 12.8 Å². The number of amides is 1. The van der Waals surface area contributed by atoms with Crippen molar-refractivity contribution in [1.82, 2.24) is 5.32 Å². The number of rotatable bonds is 5. The summed E-state index contributed by atoms with van der Waals surface area (Å²) in [7, 11) is 0. The Bertz CT molecular complexity index is 462. The van der Waals surface area contributed by atoms with E-state index in [2.05, 4.69) is 5.32 Å². The van der Waals surface area contributed by atoms with Crippen molar-refractivity contribution in [3.63, 3.8) is 0 Å². The van der Waals surface area contributed by atoms with Gasteiger partial charge in [0.2, 0.25) is 0 Å². The van der Waals surface area contributed by atoms with Crippen molar-refractivity contribution in [2.24, 2.45) is 5.92 Å². The summed E-state index contributed by atoms with van der Waals surface area (Å²) < 4.78 is 10.6. The first-order chi connectivity index (χ1) is 9.65. The molecule has 1 amide bonds. The summed E-state index contributed by atoms with van der Waals surface area (Å²) >= 11 is 11.7. The number of hydrogen-bond donors (Lipinski definition) is 1. The molecule has 0 atom stereocenters. The fourth-order valence-electron chi connectivity index (χ4n) is 2.00. The molecule has 2 rings (SSSR count). The van der Waals surface area contributed by atoms with Crippen molar-refractivity contribution < 1.29 is 14.3 Å². The summed E-state index contributed by atoms with van der Waals surface area (Å²) in [4.78, 5) is 11.7. The molecule has 0 spiro atoms. The Morgan fingerprint density at radius 3 is 2.80 bits per heavy atom. The molecule has 0 saturated carbocycles. The Morgan fingerprint density at radius 1 is 1.35 bits per heavy atom. The first kappa shape index (κ1) is 15.4. The van der Waals surface area contributed by atoms with Gasteiger partial charge in [-0.25, -0.2) is 0 Å². The number of carbonyl (C=O) groups is 1. The second-order valence-electron chi connectivity index (χ2n) is 4.72. The van der Waals surface area contributed by atoms with Crippen molar-refractivity contribution in [2.45, 2.75) is 12.8 Å². The minimum Gasteiger partial charge on any atom is -0.482 e. The molecule has 1 fully saturated rings. The summed E-state index contributed by atoms with van der Waals surface area (Å²) in [5.74, 6) is 0.798. The molecule has 4 nitrogen and oxygen atoms in total. The van der Waals surface area contributed by atoms with E-state index in [4.69, 9.17) is 32.7 Å². The molecule has 110 valence electrons. The standard InChI is InChI=1S/C14H17Cl2NO3/c15-11-1-2-13(12(16)7-11)20-9-14(18)17-8-10-3-5-19-6-4-10/h1-2,7,10H,3-6,8-9H2,(H,17,18). The lowest BCUT2D eigenvalue weighted by atomic mass is 10.0. The highest BCUT2D eigenvalue weighted by molar-refractivity contribution is 6.35. The third-order valence-electron chi connectivity index (χ3n) is 3.18. The quantitative estimate of drug-likeness (QED) is 0.908. The molecule has 1 aromatic carbocycles. The lowest BCUT2D eigenvalue weighted by molar-refractivity contribution is -0.123. The highest BCUT2D eigenvalue weighted by Crippen LogP contribution is 2.27. The SMILES string of the molecule is O=C(COc1ccc(Cl)cc1Cl)NCC1CCOCC1. The van der Waals surface area contributed by atoms with E-state index in [-0.39, 0.29) is 12.5 Å². The van der Waals surface area contributed by atoms with E-state index in [9.17, 15) is 4.79 Å². The summed E-state index contributed by atoms with van der Waals surface area (Å²) in [5.41, 5.74) is 0. The van der Waals surface area contributed by atoms with Gasteiger partial charge in [0.1, 0.15) is 5.75 Å². The molecule has 1 saturated heterocycles. The third-order valence-corrected chi connectivity index (χ3v) is 3.71. The first-order valence-electron chi connectivity index (χ1n) is 6.57. The predicted molar refractivity (Wildman–Crippen MR) is 78.5 cm³/mol. The summed E-state index contributed by atoms with van der Waals surface area (Å²) in [6, 6.07) is 4.90. The summed E-state index contributed by atoms with van der Waals surface area (Å²) in [6.45, 7) is 2.17. The van der Waals surface area contributed by atoms with Crippen molar-refractivity contribution in [3.05, 3.63) is 28.2 Å². The third kappa shape index (κ3) is 4.85. The maximum Gasteiger partial charge on any atom is 0.257 e. The monoisotopic (exact) mass is 317 g/mol. The highest BCUT2D eigenvalue weighted by Gasteiger charge is 2.15. The highest BCUT2D eigenvalue weighted by atomic mass is 35.5. The average molecular weight is 318 g/mol. The van der Waals surface area contributed by atoms with Crippen LogP contribution in [-0.2, 0) is 9.53 Å². The van der Waals surface area contributed by atoms with Gasteiger partial charge in [-0.2, -0.15) is 0 Å². The van der Waals surface area contributed by atoms with Crippen LogP contribution in [0.25, 0.3) is 0 Å². The lowest BCUT2D eigenvalue weighted by Gasteiger charge is -2.22. The Hall–Kier alpha value is -0.970. The second-order valence-corrected chi connectivity index (χ2v) is 5.57. The zero-order valence-electron chi connectivity index (χ0n) is 11.0. The predicted octanol–water partition coefficient (Wildman–Crippen LogP) is 2.92. The molecule has 20 heavy (non-hydrogen) atoms. The zero-order valence-corrected chi connectivity index (χ0v) is 12.5. The number of benzene rings is 1. The molecular weight excluding hydrogens is 301 g/mol. The van der Waals surface area contributed by atoms with E-state index in [1.165, 1.54) is 0 Å². The van der Waals surface area contributed by atoms with Gasteiger partial charge >= 0.3 is 0 Å². The van der Waals surface area contributed by atoms with Gasteiger partial charge in [-0.3, -0.25) is 4.79 Å². The van der Waals surface area contributed by atoms with Crippen LogP contribution in [0.3, 0.4) is 0 Å². The van der Waals surface area contributed by atoms with Crippen molar-refractivity contribution in [2.75, 3.05) is 26.4 Å². The molecule has 1 aliphatic rings. The number of ether oxygens (including phenoxy) is 2. The second kappa shape index (κ2) is 7.72. The van der Waals surface area contributed by atoms with E-state index in [1.54, 1.807) is 18.2 Å². The molecule has 0 unspecified atom stereocenters. The maximum atomic E-state index is 11.7. The van der Waals surface area contributed by atoms with Crippen LogP contribution >= 0.6 is 23.2 Å². The van der Waals surface area contributed by atoms with E-state index in [0.717, 1.165) is 26.1 Å². The van der Waals surface area contributed by atoms with E-state index < -0.39 is 0 Å². The smallest absolute Gasteiger partial charge is 0.257 e. The lowest BCUT2D eigenvalue weighted by Crippen LogP contribution is -2.35.